The molecular weight excluding hydrogens is 290 g/mol. The molecule has 112 valence electrons. The molecule has 2 aliphatic rings. The van der Waals surface area contributed by atoms with Gasteiger partial charge in [0.2, 0.25) is 6.21 Å². The van der Waals surface area contributed by atoms with Gasteiger partial charge >= 0.3 is 12.3 Å². The van der Waals surface area contributed by atoms with E-state index in [1.807, 2.05) is 6.26 Å². The van der Waals surface area contributed by atoms with Gasteiger partial charge in [0.25, 0.3) is 0 Å². The van der Waals surface area contributed by atoms with Crippen LogP contribution in [0.25, 0.3) is 0 Å². The second-order valence-corrected chi connectivity index (χ2v) is 5.40. The van der Waals surface area contributed by atoms with E-state index in [1.165, 1.54) is 11.8 Å². The van der Waals surface area contributed by atoms with E-state index >= 15 is 0 Å². The fourth-order valence-corrected chi connectivity index (χ4v) is 2.62. The number of amides is 1. The van der Waals surface area contributed by atoms with Crippen molar-refractivity contribution in [1.29, 1.82) is 0 Å². The van der Waals surface area contributed by atoms with E-state index in [-0.39, 0.29) is 19.1 Å². The predicted molar refractivity (Wildman–Crippen MR) is 69.9 cm³/mol. The van der Waals surface area contributed by atoms with Crippen LogP contribution >= 0.6 is 11.8 Å². The van der Waals surface area contributed by atoms with E-state index in [0.717, 1.165) is 11.2 Å². The number of thioether (sulfide) groups is 1. The van der Waals surface area contributed by atoms with Crippen molar-refractivity contribution in [2.45, 2.75) is 31.3 Å². The van der Waals surface area contributed by atoms with Crippen LogP contribution in [0.5, 0.6) is 0 Å². The molecule has 0 aromatic carbocycles. The van der Waals surface area contributed by atoms with Crippen LogP contribution in [0.15, 0.2) is 0 Å². The van der Waals surface area contributed by atoms with Gasteiger partial charge in [0.1, 0.15) is 18.8 Å². The maximum atomic E-state index is 11.9. The van der Waals surface area contributed by atoms with Gasteiger partial charge in [-0.15, -0.1) is 0 Å². The zero-order chi connectivity index (χ0) is 14.7. The Morgan fingerprint density at radius 3 is 2.85 bits per heavy atom. The molecule has 3 unspecified atom stereocenters. The molecule has 0 aliphatic carbocycles. The summed E-state index contributed by atoms with van der Waals surface area (Å²) in [5.41, 5.74) is 0. The number of hydrogen-bond donors (Lipinski definition) is 0. The number of ether oxygens (including phenoxy) is 2. The molecule has 0 saturated carbocycles. The lowest BCUT2D eigenvalue weighted by Crippen LogP contribution is -2.36. The first-order chi connectivity index (χ1) is 9.51. The zero-order valence-electron chi connectivity index (χ0n) is 10.8. The summed E-state index contributed by atoms with van der Waals surface area (Å²) in [4.78, 5) is 21.9. The largest absolute Gasteiger partial charge is 0.596 e. The number of cyclic esters (lactones) is 1. The minimum absolute atomic E-state index is 0.172. The van der Waals surface area contributed by atoms with Gasteiger partial charge in [-0.2, -0.15) is 11.8 Å². The summed E-state index contributed by atoms with van der Waals surface area (Å²) in [5.74, 6) is 0.611. The molecule has 0 bridgehead atoms. The Kier molecular flexibility index (Phi) is 4.65. The lowest BCUT2D eigenvalue weighted by atomic mass is 10.2. The fraction of sp³-hybridized carbons (Fsp3) is 0.800. The summed E-state index contributed by atoms with van der Waals surface area (Å²) in [6.45, 7) is 0.172. The van der Waals surface area contributed by atoms with Crippen LogP contribution in [-0.2, 0) is 9.47 Å². The van der Waals surface area contributed by atoms with Gasteiger partial charge in [-0.3, -0.25) is 10.1 Å². The Balaban J connectivity index is 1.94. The van der Waals surface area contributed by atoms with Crippen molar-refractivity contribution in [2.75, 3.05) is 18.6 Å². The Morgan fingerprint density at radius 2 is 2.25 bits per heavy atom. The topological polar surface area (TPSA) is 108 Å². The van der Waals surface area contributed by atoms with Gasteiger partial charge in [0.15, 0.2) is 0 Å². The maximum Gasteiger partial charge on any atom is 0.464 e. The second kappa shape index (κ2) is 6.27. The molecule has 3 atom stereocenters. The van der Waals surface area contributed by atoms with Crippen LogP contribution in [0.2, 0.25) is 0 Å². The SMILES string of the molecule is CSCC1CN(/[N+]([O-])=C/C2CCC([N+](=O)[O-])O2)C(=O)O1. The summed E-state index contributed by atoms with van der Waals surface area (Å²) in [6.07, 6.45) is 0.865. The Morgan fingerprint density at radius 1 is 1.50 bits per heavy atom. The minimum atomic E-state index is -1.08. The molecule has 2 aliphatic heterocycles. The Labute approximate surface area is 119 Å². The first-order valence-electron chi connectivity index (χ1n) is 6.08. The molecule has 9 nitrogen and oxygen atoms in total. The van der Waals surface area contributed by atoms with Crippen molar-refractivity contribution in [3.05, 3.63) is 15.3 Å². The molecule has 2 fully saturated rings. The van der Waals surface area contributed by atoms with Crippen LogP contribution in [0.1, 0.15) is 12.8 Å². The number of hydrazine groups is 1. The van der Waals surface area contributed by atoms with Crippen molar-refractivity contribution in [3.8, 4) is 0 Å². The van der Waals surface area contributed by atoms with E-state index in [2.05, 4.69) is 0 Å². The molecule has 20 heavy (non-hydrogen) atoms. The van der Waals surface area contributed by atoms with Crippen molar-refractivity contribution in [2.24, 2.45) is 0 Å². The van der Waals surface area contributed by atoms with Gasteiger partial charge in [-0.05, 0) is 12.7 Å². The number of nitro groups is 1. The highest BCUT2D eigenvalue weighted by atomic mass is 32.2. The van der Waals surface area contributed by atoms with Gasteiger partial charge in [0, 0.05) is 12.2 Å². The van der Waals surface area contributed by atoms with E-state index in [1.54, 1.807) is 0 Å². The number of hydrazone groups is 1. The number of nitrogens with zero attached hydrogens (tertiary/aromatic N) is 3. The van der Waals surface area contributed by atoms with Gasteiger partial charge < -0.3 is 14.7 Å². The monoisotopic (exact) mass is 305 g/mol. The Hall–Kier alpha value is -1.55. The summed E-state index contributed by atoms with van der Waals surface area (Å²) in [5, 5.41) is 23.3. The quantitative estimate of drug-likeness (QED) is 0.238. The molecule has 10 heteroatoms. The van der Waals surface area contributed by atoms with Gasteiger partial charge in [0.05, 0.1) is 4.92 Å². The number of carbonyl (C=O) groups excluding carboxylic acids is 1. The summed E-state index contributed by atoms with van der Waals surface area (Å²) in [6, 6.07) is 0. The van der Waals surface area contributed by atoms with Crippen LogP contribution in [0.4, 0.5) is 4.79 Å². The fourth-order valence-electron chi connectivity index (χ4n) is 2.07. The third-order valence-corrected chi connectivity index (χ3v) is 3.71. The third kappa shape index (κ3) is 3.31. The highest BCUT2D eigenvalue weighted by Gasteiger charge is 2.39. The van der Waals surface area contributed by atoms with Crippen molar-refractivity contribution < 1.29 is 24.0 Å². The lowest BCUT2D eigenvalue weighted by molar-refractivity contribution is -0.610. The van der Waals surface area contributed by atoms with Crippen LogP contribution in [0.3, 0.4) is 0 Å². The molecule has 2 rings (SSSR count). The summed E-state index contributed by atoms with van der Waals surface area (Å²) >= 11 is 1.52. The highest BCUT2D eigenvalue weighted by Crippen LogP contribution is 2.19. The molecule has 0 N–H and O–H groups in total. The smallest absolute Gasteiger partial charge is 0.464 e. The first-order valence-corrected chi connectivity index (χ1v) is 7.48. The molecule has 0 spiro atoms. The average Bonchev–Trinajstić information content (AvgIpc) is 2.97. The predicted octanol–water partition coefficient (Wildman–Crippen LogP) is 0.448. The number of rotatable bonds is 5. The average molecular weight is 305 g/mol. The van der Waals surface area contributed by atoms with E-state index in [9.17, 15) is 20.1 Å². The van der Waals surface area contributed by atoms with Crippen LogP contribution < -0.4 is 0 Å². The maximum absolute atomic E-state index is 11.9. The number of hydrogen-bond acceptors (Lipinski definition) is 7. The molecule has 0 radical (unpaired) electrons. The molecule has 1 amide bonds. The lowest BCUT2D eigenvalue weighted by Gasteiger charge is -2.12. The molecule has 2 saturated heterocycles. The van der Waals surface area contributed by atoms with Crippen molar-refractivity contribution in [3.63, 3.8) is 0 Å². The Bertz CT molecular complexity index is 431. The van der Waals surface area contributed by atoms with Crippen LogP contribution in [-0.4, -0.2) is 64.1 Å². The van der Waals surface area contributed by atoms with E-state index < -0.39 is 23.3 Å². The van der Waals surface area contributed by atoms with Crippen molar-refractivity contribution in [1.82, 2.24) is 5.01 Å². The summed E-state index contributed by atoms with van der Waals surface area (Å²) < 4.78 is 10.1. The summed E-state index contributed by atoms with van der Waals surface area (Å²) in [7, 11) is 0. The second-order valence-electron chi connectivity index (χ2n) is 4.49. The molecule has 2 heterocycles. The first kappa shape index (κ1) is 14.9. The van der Waals surface area contributed by atoms with E-state index in [0.29, 0.717) is 17.0 Å². The molecule has 0 aromatic heterocycles. The van der Waals surface area contributed by atoms with E-state index in [4.69, 9.17) is 9.47 Å². The standard InChI is InChI=1S/C10H15N3O6S/c1-20-6-8-4-11(10(14)19-8)12(15)5-7-2-3-9(18-7)13(16)17/h5,7-9H,2-4,6H2,1H3/b12-5-. The number of carbonyl (C=O) groups is 1. The van der Waals surface area contributed by atoms with Gasteiger partial charge in [-0.25, -0.2) is 4.79 Å². The van der Waals surface area contributed by atoms with Gasteiger partial charge in [-0.1, -0.05) is 9.86 Å². The van der Waals surface area contributed by atoms with Crippen molar-refractivity contribution >= 4 is 24.1 Å². The molecular formula is C10H15N3O6S. The minimum Gasteiger partial charge on any atom is -0.596 e. The third-order valence-electron chi connectivity index (χ3n) is 3.00. The molecule has 0 aromatic rings. The highest BCUT2D eigenvalue weighted by molar-refractivity contribution is 7.98. The zero-order valence-corrected chi connectivity index (χ0v) is 11.7. The van der Waals surface area contributed by atoms with Crippen LogP contribution in [0, 0.1) is 15.3 Å². The normalized spacial score (nSPS) is 30.6.